The molecule has 3 heterocycles. The summed E-state index contributed by atoms with van der Waals surface area (Å²) in [5.74, 6) is 1.31. The zero-order valence-corrected chi connectivity index (χ0v) is 17.1. The predicted molar refractivity (Wildman–Crippen MR) is 116 cm³/mol. The van der Waals surface area contributed by atoms with Crippen molar-refractivity contribution in [2.24, 2.45) is 0 Å². The predicted octanol–water partition coefficient (Wildman–Crippen LogP) is 4.09. The number of amides is 2. The number of hydrogen-bond donors (Lipinski definition) is 2. The molecule has 1 aromatic heterocycles. The summed E-state index contributed by atoms with van der Waals surface area (Å²) >= 11 is 0. The van der Waals surface area contributed by atoms with Gasteiger partial charge in [0.25, 0.3) is 0 Å². The molecule has 0 bridgehead atoms. The van der Waals surface area contributed by atoms with Crippen LogP contribution in [0.2, 0.25) is 0 Å². The van der Waals surface area contributed by atoms with Gasteiger partial charge in [-0.1, -0.05) is 24.3 Å². The Balaban J connectivity index is 1.17. The number of H-pyrrole nitrogens is 1. The van der Waals surface area contributed by atoms with Crippen LogP contribution in [-0.4, -0.2) is 39.8 Å². The van der Waals surface area contributed by atoms with E-state index in [0.29, 0.717) is 18.8 Å². The third-order valence-corrected chi connectivity index (χ3v) is 6.45. The number of nitrogens with zero attached hydrogens (tertiary/aromatic N) is 2. The highest BCUT2D eigenvalue weighted by atomic mass is 16.2. The van der Waals surface area contributed by atoms with E-state index in [4.69, 9.17) is 4.98 Å². The summed E-state index contributed by atoms with van der Waals surface area (Å²) in [6, 6.07) is 14.0. The lowest BCUT2D eigenvalue weighted by atomic mass is 9.93. The number of hydrogen-bond acceptors (Lipinski definition) is 3. The molecule has 0 spiro atoms. The van der Waals surface area contributed by atoms with E-state index in [1.807, 2.05) is 29.2 Å². The van der Waals surface area contributed by atoms with Gasteiger partial charge in [-0.25, -0.2) is 4.98 Å². The molecule has 30 heavy (non-hydrogen) atoms. The molecule has 2 aromatic carbocycles. The van der Waals surface area contributed by atoms with Crippen molar-refractivity contribution in [3.8, 4) is 0 Å². The number of aromatic amines is 1. The first-order valence-electron chi connectivity index (χ1n) is 10.7. The Labute approximate surface area is 175 Å². The largest absolute Gasteiger partial charge is 0.343 e. The Hall–Kier alpha value is -3.15. The molecular weight excluding hydrogens is 376 g/mol. The maximum atomic E-state index is 12.8. The lowest BCUT2D eigenvalue weighted by molar-refractivity contribution is -0.132. The normalized spacial score (nSPS) is 19.2. The van der Waals surface area contributed by atoms with Crippen molar-refractivity contribution in [1.82, 2.24) is 14.9 Å². The first-order chi connectivity index (χ1) is 14.6. The van der Waals surface area contributed by atoms with Gasteiger partial charge in [-0.3, -0.25) is 9.59 Å². The topological polar surface area (TPSA) is 78.1 Å². The second-order valence-corrected chi connectivity index (χ2v) is 8.47. The van der Waals surface area contributed by atoms with E-state index in [-0.39, 0.29) is 17.7 Å². The third-order valence-electron chi connectivity index (χ3n) is 6.45. The number of likely N-dealkylation sites (tertiary alicyclic amines) is 1. The van der Waals surface area contributed by atoms with Crippen molar-refractivity contribution in [1.29, 1.82) is 0 Å². The van der Waals surface area contributed by atoms with Gasteiger partial charge in [0.15, 0.2) is 0 Å². The molecule has 0 radical (unpaired) electrons. The summed E-state index contributed by atoms with van der Waals surface area (Å²) in [7, 11) is 0. The molecule has 6 heteroatoms. The standard InChI is InChI=1S/C24H26N4O2/c1-15-6-8-20-21(14-15)26-23(25-20)16-10-12-28(13-11-16)22(29)9-7-18-17-4-2-3-5-19(17)27-24(18)30/h2-6,8,14,16,18H,7,9-13H2,1H3,(H,25,26)(H,27,30)/t18-/m1/s1. The molecule has 6 nitrogen and oxygen atoms in total. The number of fused-ring (bicyclic) bond motifs is 2. The van der Waals surface area contributed by atoms with Crippen LogP contribution in [0.3, 0.4) is 0 Å². The number of anilines is 1. The van der Waals surface area contributed by atoms with Gasteiger partial charge in [0.05, 0.1) is 17.0 Å². The minimum Gasteiger partial charge on any atom is -0.343 e. The van der Waals surface area contributed by atoms with Gasteiger partial charge in [-0.15, -0.1) is 0 Å². The van der Waals surface area contributed by atoms with Crippen LogP contribution < -0.4 is 5.32 Å². The maximum absolute atomic E-state index is 12.8. The van der Waals surface area contributed by atoms with E-state index < -0.39 is 0 Å². The van der Waals surface area contributed by atoms with E-state index in [1.165, 1.54) is 5.56 Å². The average Bonchev–Trinajstić information content (AvgIpc) is 3.32. The third kappa shape index (κ3) is 3.47. The van der Waals surface area contributed by atoms with Crippen LogP contribution in [0.1, 0.15) is 54.5 Å². The molecule has 2 N–H and O–H groups in total. The van der Waals surface area contributed by atoms with Crippen LogP contribution in [0.5, 0.6) is 0 Å². The molecular formula is C24H26N4O2. The SMILES string of the molecule is Cc1ccc2nc(C3CCN(C(=O)CC[C@H]4C(=O)Nc5ccccc54)CC3)[nH]c2c1. The highest BCUT2D eigenvalue weighted by Gasteiger charge is 2.31. The Morgan fingerprint density at radius 1 is 1.17 bits per heavy atom. The van der Waals surface area contributed by atoms with E-state index in [2.05, 4.69) is 35.4 Å². The number of aromatic nitrogens is 2. The highest BCUT2D eigenvalue weighted by Crippen LogP contribution is 2.35. The van der Waals surface area contributed by atoms with Gasteiger partial charge in [-0.05, 0) is 55.5 Å². The summed E-state index contributed by atoms with van der Waals surface area (Å²) in [6.45, 7) is 3.57. The van der Waals surface area contributed by atoms with Gasteiger partial charge in [0, 0.05) is 31.1 Å². The van der Waals surface area contributed by atoms with Crippen LogP contribution in [0.25, 0.3) is 11.0 Å². The molecule has 5 rings (SSSR count). The molecule has 2 aliphatic heterocycles. The molecule has 1 saturated heterocycles. The van der Waals surface area contributed by atoms with Crippen molar-refractivity contribution in [3.05, 3.63) is 59.4 Å². The van der Waals surface area contributed by atoms with Gasteiger partial charge in [0.1, 0.15) is 5.82 Å². The number of para-hydroxylation sites is 1. The number of benzene rings is 2. The minimum atomic E-state index is -0.221. The first-order valence-corrected chi connectivity index (χ1v) is 10.7. The zero-order chi connectivity index (χ0) is 20.7. The summed E-state index contributed by atoms with van der Waals surface area (Å²) < 4.78 is 0. The van der Waals surface area contributed by atoms with E-state index in [9.17, 15) is 9.59 Å². The fraction of sp³-hybridized carbons (Fsp3) is 0.375. The Morgan fingerprint density at radius 2 is 1.97 bits per heavy atom. The number of piperidine rings is 1. The maximum Gasteiger partial charge on any atom is 0.232 e. The second-order valence-electron chi connectivity index (χ2n) is 8.47. The zero-order valence-electron chi connectivity index (χ0n) is 17.1. The second kappa shape index (κ2) is 7.59. The van der Waals surface area contributed by atoms with Gasteiger partial charge in [-0.2, -0.15) is 0 Å². The van der Waals surface area contributed by atoms with Crippen LogP contribution in [-0.2, 0) is 9.59 Å². The van der Waals surface area contributed by atoms with Gasteiger partial charge >= 0.3 is 0 Å². The summed E-state index contributed by atoms with van der Waals surface area (Å²) in [5.41, 5.74) is 5.19. The van der Waals surface area contributed by atoms with E-state index in [1.54, 1.807) is 0 Å². The van der Waals surface area contributed by atoms with E-state index in [0.717, 1.165) is 54.0 Å². The fourth-order valence-electron chi connectivity index (χ4n) is 4.73. The Morgan fingerprint density at radius 3 is 2.80 bits per heavy atom. The molecule has 3 aromatic rings. The molecule has 154 valence electrons. The average molecular weight is 402 g/mol. The lowest BCUT2D eigenvalue weighted by Crippen LogP contribution is -2.38. The van der Waals surface area contributed by atoms with Crippen molar-refractivity contribution in [2.45, 2.75) is 44.4 Å². The monoisotopic (exact) mass is 402 g/mol. The molecule has 0 unspecified atom stereocenters. The van der Waals surface area contributed by atoms with Crippen molar-refractivity contribution in [2.75, 3.05) is 18.4 Å². The van der Waals surface area contributed by atoms with Gasteiger partial charge < -0.3 is 15.2 Å². The Bertz CT molecular complexity index is 1110. The van der Waals surface area contributed by atoms with Crippen LogP contribution in [0, 0.1) is 6.92 Å². The number of imidazole rings is 1. The summed E-state index contributed by atoms with van der Waals surface area (Å²) in [6.07, 6.45) is 2.79. The number of nitrogens with one attached hydrogen (secondary N) is 2. The number of aryl methyl sites for hydroxylation is 1. The molecule has 2 aliphatic rings. The molecule has 1 atom stereocenters. The summed E-state index contributed by atoms with van der Waals surface area (Å²) in [4.78, 5) is 35.2. The number of rotatable bonds is 4. The minimum absolute atomic E-state index is 0.00262. The van der Waals surface area contributed by atoms with Gasteiger partial charge in [0.2, 0.25) is 11.8 Å². The van der Waals surface area contributed by atoms with Crippen molar-refractivity contribution in [3.63, 3.8) is 0 Å². The van der Waals surface area contributed by atoms with Crippen molar-refractivity contribution >= 4 is 28.5 Å². The summed E-state index contributed by atoms with van der Waals surface area (Å²) in [5, 5.41) is 2.91. The van der Waals surface area contributed by atoms with E-state index >= 15 is 0 Å². The van der Waals surface area contributed by atoms with Crippen molar-refractivity contribution < 1.29 is 9.59 Å². The molecule has 1 fully saturated rings. The molecule has 2 amide bonds. The number of carbonyl (C=O) groups is 2. The highest BCUT2D eigenvalue weighted by molar-refractivity contribution is 6.03. The molecule has 0 aliphatic carbocycles. The lowest BCUT2D eigenvalue weighted by Gasteiger charge is -2.31. The number of carbonyl (C=O) groups excluding carboxylic acids is 2. The van der Waals surface area contributed by atoms with Crippen LogP contribution in [0.15, 0.2) is 42.5 Å². The molecule has 0 saturated carbocycles. The fourth-order valence-corrected chi connectivity index (χ4v) is 4.73. The van der Waals surface area contributed by atoms with Crippen LogP contribution >= 0.6 is 0 Å². The first kappa shape index (κ1) is 18.9. The quantitative estimate of drug-likeness (QED) is 0.690. The smallest absolute Gasteiger partial charge is 0.232 e. The van der Waals surface area contributed by atoms with Crippen LogP contribution in [0.4, 0.5) is 5.69 Å². The Kier molecular flexibility index (Phi) is 4.77.